The van der Waals surface area contributed by atoms with Gasteiger partial charge in [-0.2, -0.15) is 0 Å². The summed E-state index contributed by atoms with van der Waals surface area (Å²) in [4.78, 5) is 32.9. The predicted octanol–water partition coefficient (Wildman–Crippen LogP) is 3.45. The molecule has 1 fully saturated rings. The third-order valence-electron chi connectivity index (χ3n) is 4.81. The number of carbonyl (C=O) groups is 2. The Labute approximate surface area is 205 Å². The van der Waals surface area contributed by atoms with Crippen molar-refractivity contribution >= 4 is 41.9 Å². The summed E-state index contributed by atoms with van der Waals surface area (Å²) in [6.07, 6.45) is 2.15. The summed E-state index contributed by atoms with van der Waals surface area (Å²) < 4.78 is 5.53. The molecule has 0 bridgehead atoms. The molecule has 0 aliphatic carbocycles. The second-order valence-electron chi connectivity index (χ2n) is 9.16. The summed E-state index contributed by atoms with van der Waals surface area (Å²) in [6.45, 7) is 18.1. The Morgan fingerprint density at radius 1 is 1.19 bits per heavy atom. The minimum absolute atomic E-state index is 0. The summed E-state index contributed by atoms with van der Waals surface area (Å²) in [5.74, 6) is 1.35. The van der Waals surface area contributed by atoms with Crippen LogP contribution in [0.4, 0.5) is 4.79 Å². The number of hydrogen-bond donors (Lipinski definition) is 2. The molecule has 1 heterocycles. The minimum Gasteiger partial charge on any atom is -0.444 e. The maximum atomic E-state index is 12.4. The van der Waals surface area contributed by atoms with Crippen LogP contribution in [0.3, 0.4) is 0 Å². The van der Waals surface area contributed by atoms with Crippen LogP contribution in [0.25, 0.3) is 0 Å². The third-order valence-corrected chi connectivity index (χ3v) is 4.81. The molecule has 0 unspecified atom stereocenters. The molecule has 0 aromatic rings. The monoisotopic (exact) mass is 553 g/mol. The summed E-state index contributed by atoms with van der Waals surface area (Å²) in [5, 5.41) is 6.23. The Bertz CT molecular complexity index is 570. The average Bonchev–Trinajstić information content (AvgIpc) is 2.64. The standard InChI is InChI=1S/C22H43N5O3.HI/c1-8-23-20(24-13-10-19(28)25-17(3)4)27-14-11-18(12-15-27)16-26(9-2)21(29)30-22(5,6)7;/h17-18H,8-16H2,1-7H3,(H,23,24)(H,25,28);1H. The van der Waals surface area contributed by atoms with Gasteiger partial charge in [0.2, 0.25) is 5.91 Å². The molecule has 1 rings (SSSR count). The fraction of sp³-hybridized carbons (Fsp3) is 0.864. The number of halogens is 1. The number of ether oxygens (including phenoxy) is 1. The Morgan fingerprint density at radius 2 is 1.81 bits per heavy atom. The van der Waals surface area contributed by atoms with E-state index in [1.165, 1.54) is 0 Å². The molecular weight excluding hydrogens is 509 g/mol. The Kier molecular flexibility index (Phi) is 14.1. The van der Waals surface area contributed by atoms with Gasteiger partial charge in [-0.25, -0.2) is 4.79 Å². The first-order chi connectivity index (χ1) is 14.1. The van der Waals surface area contributed by atoms with E-state index in [0.29, 0.717) is 25.4 Å². The van der Waals surface area contributed by atoms with Gasteiger partial charge in [-0.05, 0) is 67.2 Å². The number of nitrogens with zero attached hydrogens (tertiary/aromatic N) is 3. The topological polar surface area (TPSA) is 86.3 Å². The van der Waals surface area contributed by atoms with E-state index < -0.39 is 5.60 Å². The predicted molar refractivity (Wildman–Crippen MR) is 137 cm³/mol. The number of carbonyl (C=O) groups excluding carboxylic acids is 2. The van der Waals surface area contributed by atoms with Crippen molar-refractivity contribution < 1.29 is 14.3 Å². The van der Waals surface area contributed by atoms with Crippen molar-refractivity contribution in [3.05, 3.63) is 0 Å². The highest BCUT2D eigenvalue weighted by Gasteiger charge is 2.27. The number of piperidine rings is 1. The normalized spacial score (nSPS) is 15.4. The van der Waals surface area contributed by atoms with Gasteiger partial charge in [0.1, 0.15) is 5.60 Å². The summed E-state index contributed by atoms with van der Waals surface area (Å²) >= 11 is 0. The Morgan fingerprint density at radius 3 is 2.29 bits per heavy atom. The second kappa shape index (κ2) is 14.7. The molecule has 2 amide bonds. The molecule has 1 aliphatic heterocycles. The maximum absolute atomic E-state index is 12.4. The zero-order valence-electron chi connectivity index (χ0n) is 20.5. The van der Waals surface area contributed by atoms with Crippen molar-refractivity contribution in [1.82, 2.24) is 20.4 Å². The van der Waals surface area contributed by atoms with E-state index >= 15 is 0 Å². The van der Waals surface area contributed by atoms with Crippen molar-refractivity contribution in [3.63, 3.8) is 0 Å². The number of guanidine groups is 1. The van der Waals surface area contributed by atoms with Crippen molar-refractivity contribution in [1.29, 1.82) is 0 Å². The molecule has 31 heavy (non-hydrogen) atoms. The number of amides is 2. The maximum Gasteiger partial charge on any atom is 0.410 e. The van der Waals surface area contributed by atoms with E-state index in [0.717, 1.165) is 45.0 Å². The van der Waals surface area contributed by atoms with Crippen molar-refractivity contribution in [2.24, 2.45) is 10.9 Å². The van der Waals surface area contributed by atoms with Gasteiger partial charge >= 0.3 is 6.09 Å². The Balaban J connectivity index is 0.00000900. The largest absolute Gasteiger partial charge is 0.444 e. The average molecular weight is 554 g/mol. The molecule has 1 saturated heterocycles. The molecule has 182 valence electrons. The van der Waals surface area contributed by atoms with E-state index in [1.807, 2.05) is 48.5 Å². The van der Waals surface area contributed by atoms with Gasteiger partial charge in [0, 0.05) is 45.2 Å². The van der Waals surface area contributed by atoms with E-state index in [9.17, 15) is 9.59 Å². The van der Waals surface area contributed by atoms with E-state index in [-0.39, 0.29) is 42.0 Å². The third kappa shape index (κ3) is 12.4. The van der Waals surface area contributed by atoms with Crippen molar-refractivity contribution in [3.8, 4) is 0 Å². The molecule has 9 heteroatoms. The van der Waals surface area contributed by atoms with Crippen LogP contribution >= 0.6 is 24.0 Å². The number of likely N-dealkylation sites (tertiary alicyclic amines) is 1. The van der Waals surface area contributed by atoms with E-state index in [2.05, 4.69) is 20.5 Å². The fourth-order valence-electron chi connectivity index (χ4n) is 3.38. The van der Waals surface area contributed by atoms with E-state index in [4.69, 9.17) is 4.74 Å². The van der Waals surface area contributed by atoms with Gasteiger partial charge in [-0.3, -0.25) is 9.79 Å². The highest BCUT2D eigenvalue weighted by atomic mass is 127. The van der Waals surface area contributed by atoms with Gasteiger partial charge < -0.3 is 25.2 Å². The molecule has 0 radical (unpaired) electrons. The van der Waals surface area contributed by atoms with E-state index in [1.54, 1.807) is 4.90 Å². The van der Waals surface area contributed by atoms with Crippen LogP contribution in [-0.4, -0.2) is 78.7 Å². The SMILES string of the molecule is CCNC(=NCCC(=O)NC(C)C)N1CCC(CN(CC)C(=O)OC(C)(C)C)CC1.I. The number of nitrogens with one attached hydrogen (secondary N) is 2. The number of aliphatic imine (C=N–C) groups is 1. The quantitative estimate of drug-likeness (QED) is 0.273. The van der Waals surface area contributed by atoms with Gasteiger partial charge in [0.05, 0.1) is 6.54 Å². The molecule has 0 spiro atoms. The summed E-state index contributed by atoms with van der Waals surface area (Å²) in [5.41, 5.74) is -0.475. The Hall–Kier alpha value is -1.26. The first-order valence-electron chi connectivity index (χ1n) is 11.4. The highest BCUT2D eigenvalue weighted by Crippen LogP contribution is 2.20. The first kappa shape index (κ1) is 29.7. The zero-order valence-corrected chi connectivity index (χ0v) is 22.8. The van der Waals surface area contributed by atoms with Crippen molar-refractivity contribution in [2.45, 2.75) is 79.4 Å². The molecule has 1 aliphatic rings. The van der Waals surface area contributed by atoms with Gasteiger partial charge in [0.15, 0.2) is 5.96 Å². The molecule has 0 aromatic heterocycles. The molecule has 8 nitrogen and oxygen atoms in total. The lowest BCUT2D eigenvalue weighted by Gasteiger charge is -2.36. The van der Waals surface area contributed by atoms with Crippen LogP contribution in [0.5, 0.6) is 0 Å². The van der Waals surface area contributed by atoms with Crippen LogP contribution in [0.2, 0.25) is 0 Å². The highest BCUT2D eigenvalue weighted by molar-refractivity contribution is 14.0. The molecule has 0 saturated carbocycles. The summed E-state index contributed by atoms with van der Waals surface area (Å²) in [7, 11) is 0. The van der Waals surface area contributed by atoms with Crippen LogP contribution in [0.1, 0.15) is 67.7 Å². The summed E-state index contributed by atoms with van der Waals surface area (Å²) in [6, 6.07) is 0.150. The zero-order chi connectivity index (χ0) is 22.7. The lowest BCUT2D eigenvalue weighted by atomic mass is 9.96. The molecular formula is C22H44IN5O3. The molecule has 2 N–H and O–H groups in total. The number of rotatable bonds is 8. The van der Waals surface area contributed by atoms with Crippen LogP contribution in [0.15, 0.2) is 4.99 Å². The second-order valence-corrected chi connectivity index (χ2v) is 9.16. The van der Waals surface area contributed by atoms with Crippen LogP contribution in [-0.2, 0) is 9.53 Å². The van der Waals surface area contributed by atoms with Gasteiger partial charge in [-0.15, -0.1) is 24.0 Å². The minimum atomic E-state index is -0.475. The van der Waals surface area contributed by atoms with Crippen LogP contribution in [0, 0.1) is 5.92 Å². The lowest BCUT2D eigenvalue weighted by molar-refractivity contribution is -0.121. The molecule has 0 aromatic carbocycles. The first-order valence-corrected chi connectivity index (χ1v) is 11.4. The van der Waals surface area contributed by atoms with Gasteiger partial charge in [-0.1, -0.05) is 0 Å². The smallest absolute Gasteiger partial charge is 0.410 e. The lowest BCUT2D eigenvalue weighted by Crippen LogP contribution is -2.48. The van der Waals surface area contributed by atoms with Gasteiger partial charge in [0.25, 0.3) is 0 Å². The number of hydrogen-bond acceptors (Lipinski definition) is 4. The fourth-order valence-corrected chi connectivity index (χ4v) is 3.38. The molecule has 0 atom stereocenters. The van der Waals surface area contributed by atoms with Crippen molar-refractivity contribution in [2.75, 3.05) is 39.3 Å². The van der Waals surface area contributed by atoms with Crippen LogP contribution < -0.4 is 10.6 Å².